The number of amides is 2. The number of nitrogens with two attached hydrogens (primary N) is 2. The van der Waals surface area contributed by atoms with Crippen LogP contribution in [0.2, 0.25) is 4.34 Å². The first-order valence-electron chi connectivity index (χ1n) is 12.1. The molecule has 180 valence electrons. The molecule has 7 heteroatoms. The standard InChI is InChI=1S/C15H20N2O.C6H12.C5H4ClNOS/c16-14(18)12-3-5-13(6-4-12)15(7-8-15)11-17-9-1-2-10-17;1-2-4-6-5-3-1;6-4-2-1-3(9-4)5(7)8/h3-6H,1-2,7-11H2,(H2,16,18);1-6H2;1-2H,(H2,7,8). The van der Waals surface area contributed by atoms with Crippen molar-refractivity contribution in [3.63, 3.8) is 0 Å². The molecule has 0 spiro atoms. The monoisotopic (exact) mass is 489 g/mol. The van der Waals surface area contributed by atoms with Crippen molar-refractivity contribution in [3.05, 3.63) is 56.7 Å². The summed E-state index contributed by atoms with van der Waals surface area (Å²) in [4.78, 5) is 24.5. The average Bonchev–Trinajstić information content (AvgIpc) is 3.19. The molecular weight excluding hydrogens is 454 g/mol. The summed E-state index contributed by atoms with van der Waals surface area (Å²) in [5, 5.41) is 0. The number of rotatable bonds is 5. The van der Waals surface area contributed by atoms with Gasteiger partial charge in [0.15, 0.2) is 0 Å². The lowest BCUT2D eigenvalue weighted by atomic mass is 9.94. The first kappa shape index (κ1) is 25.7. The van der Waals surface area contributed by atoms with Crippen LogP contribution in [0.25, 0.3) is 0 Å². The van der Waals surface area contributed by atoms with Gasteiger partial charge in [-0.15, -0.1) is 11.3 Å². The molecule has 3 aliphatic rings. The summed E-state index contributed by atoms with van der Waals surface area (Å²) < 4.78 is 0.587. The summed E-state index contributed by atoms with van der Waals surface area (Å²) >= 11 is 6.70. The second kappa shape index (κ2) is 12.5. The molecule has 1 aliphatic heterocycles. The third kappa shape index (κ3) is 8.13. The highest BCUT2D eigenvalue weighted by Gasteiger charge is 2.45. The summed E-state index contributed by atoms with van der Waals surface area (Å²) in [6, 6.07) is 11.2. The van der Waals surface area contributed by atoms with Gasteiger partial charge in [-0.2, -0.15) is 0 Å². The number of hydrogen-bond donors (Lipinski definition) is 2. The Morgan fingerprint density at radius 1 is 0.818 bits per heavy atom. The van der Waals surface area contributed by atoms with Crippen LogP contribution >= 0.6 is 22.9 Å². The second-order valence-electron chi connectivity index (χ2n) is 9.29. The Hall–Kier alpha value is -1.89. The van der Waals surface area contributed by atoms with Gasteiger partial charge >= 0.3 is 0 Å². The van der Waals surface area contributed by atoms with Crippen molar-refractivity contribution in [2.75, 3.05) is 19.6 Å². The summed E-state index contributed by atoms with van der Waals surface area (Å²) in [6.07, 6.45) is 14.2. The Morgan fingerprint density at radius 2 is 1.36 bits per heavy atom. The zero-order valence-electron chi connectivity index (χ0n) is 19.4. The maximum atomic E-state index is 11.1. The van der Waals surface area contributed by atoms with E-state index in [1.807, 2.05) is 12.1 Å². The molecule has 1 aromatic carbocycles. The fraction of sp³-hybridized carbons (Fsp3) is 0.538. The number of halogens is 1. The number of carbonyl (C=O) groups is 2. The number of carbonyl (C=O) groups excluding carboxylic acids is 2. The Kier molecular flexibility index (Phi) is 9.78. The quantitative estimate of drug-likeness (QED) is 0.559. The molecule has 0 unspecified atom stereocenters. The van der Waals surface area contributed by atoms with Crippen molar-refractivity contribution in [1.29, 1.82) is 0 Å². The zero-order chi connectivity index (χ0) is 23.7. The van der Waals surface area contributed by atoms with E-state index in [-0.39, 0.29) is 5.91 Å². The van der Waals surface area contributed by atoms with Crippen LogP contribution in [-0.2, 0) is 5.41 Å². The fourth-order valence-corrected chi connectivity index (χ4v) is 5.45. The minimum atomic E-state index is -0.424. The topological polar surface area (TPSA) is 89.4 Å². The van der Waals surface area contributed by atoms with Crippen molar-refractivity contribution in [1.82, 2.24) is 4.90 Å². The molecule has 0 bridgehead atoms. The molecule has 5 nitrogen and oxygen atoms in total. The fourth-order valence-electron chi connectivity index (χ4n) is 4.55. The minimum Gasteiger partial charge on any atom is -0.366 e. The molecule has 33 heavy (non-hydrogen) atoms. The van der Waals surface area contributed by atoms with Crippen LogP contribution in [0.4, 0.5) is 0 Å². The minimum absolute atomic E-state index is 0.342. The first-order chi connectivity index (χ1) is 15.9. The van der Waals surface area contributed by atoms with Crippen LogP contribution < -0.4 is 11.5 Å². The van der Waals surface area contributed by atoms with Crippen molar-refractivity contribution < 1.29 is 9.59 Å². The number of benzene rings is 1. The van der Waals surface area contributed by atoms with Gasteiger partial charge in [0.05, 0.1) is 9.21 Å². The lowest BCUT2D eigenvalue weighted by Crippen LogP contribution is -2.30. The van der Waals surface area contributed by atoms with E-state index >= 15 is 0 Å². The van der Waals surface area contributed by atoms with E-state index < -0.39 is 5.91 Å². The van der Waals surface area contributed by atoms with Gasteiger partial charge in [0.1, 0.15) is 0 Å². The average molecular weight is 490 g/mol. The summed E-state index contributed by atoms with van der Waals surface area (Å²) in [5.41, 5.74) is 12.6. The van der Waals surface area contributed by atoms with Gasteiger partial charge < -0.3 is 16.4 Å². The van der Waals surface area contributed by atoms with E-state index in [0.29, 0.717) is 20.2 Å². The van der Waals surface area contributed by atoms with Crippen molar-refractivity contribution >= 4 is 34.8 Å². The molecule has 5 rings (SSSR count). The molecular formula is C26H36ClN3O2S. The number of primary amides is 2. The van der Waals surface area contributed by atoms with E-state index in [1.165, 1.54) is 101 Å². The van der Waals surface area contributed by atoms with Crippen molar-refractivity contribution in [2.45, 2.75) is 69.6 Å². The lowest BCUT2D eigenvalue weighted by molar-refractivity contribution is 0.0993. The highest BCUT2D eigenvalue weighted by atomic mass is 35.5. The summed E-state index contributed by atoms with van der Waals surface area (Å²) in [7, 11) is 0. The molecule has 0 radical (unpaired) electrons. The number of likely N-dealkylation sites (tertiary alicyclic amines) is 1. The Labute approximate surface area is 206 Å². The number of nitrogens with zero attached hydrogens (tertiary/aromatic N) is 1. The first-order valence-corrected chi connectivity index (χ1v) is 13.3. The largest absolute Gasteiger partial charge is 0.366 e. The van der Waals surface area contributed by atoms with Gasteiger partial charge in [-0.25, -0.2) is 0 Å². The van der Waals surface area contributed by atoms with Crippen molar-refractivity contribution in [3.8, 4) is 0 Å². The smallest absolute Gasteiger partial charge is 0.258 e. The Morgan fingerprint density at radius 3 is 1.73 bits per heavy atom. The van der Waals surface area contributed by atoms with Gasteiger partial charge in [-0.3, -0.25) is 9.59 Å². The molecule has 1 saturated heterocycles. The van der Waals surface area contributed by atoms with Crippen LogP contribution in [0.15, 0.2) is 36.4 Å². The Balaban J connectivity index is 0.000000169. The third-order valence-electron chi connectivity index (χ3n) is 6.68. The summed E-state index contributed by atoms with van der Waals surface area (Å²) in [5.74, 6) is -0.766. The maximum Gasteiger partial charge on any atom is 0.258 e. The SMILES string of the molecule is C1CCCCC1.NC(=O)c1ccc(C2(CN3CCCC3)CC2)cc1.NC(=O)c1ccc(Cl)s1. The van der Waals surface area contributed by atoms with E-state index in [1.54, 1.807) is 12.1 Å². The molecule has 2 saturated carbocycles. The highest BCUT2D eigenvalue weighted by molar-refractivity contribution is 7.17. The predicted octanol–water partition coefficient (Wildman–Crippen LogP) is 5.75. The van der Waals surface area contributed by atoms with E-state index in [2.05, 4.69) is 17.0 Å². The molecule has 3 fully saturated rings. The van der Waals surface area contributed by atoms with Crippen LogP contribution in [0.5, 0.6) is 0 Å². The molecule has 2 heterocycles. The van der Waals surface area contributed by atoms with Gasteiger partial charge in [-0.1, -0.05) is 62.3 Å². The molecule has 1 aromatic heterocycles. The lowest BCUT2D eigenvalue weighted by Gasteiger charge is -2.23. The van der Waals surface area contributed by atoms with Gasteiger partial charge in [0, 0.05) is 17.5 Å². The summed E-state index contributed by atoms with van der Waals surface area (Å²) in [6.45, 7) is 3.69. The molecule has 0 atom stereocenters. The molecule has 2 aromatic rings. The van der Waals surface area contributed by atoms with Gasteiger partial charge in [0.2, 0.25) is 5.91 Å². The van der Waals surface area contributed by atoms with Gasteiger partial charge in [0.25, 0.3) is 5.91 Å². The Bertz CT molecular complexity index is 887. The predicted molar refractivity (Wildman–Crippen MR) is 137 cm³/mol. The zero-order valence-corrected chi connectivity index (χ0v) is 20.9. The third-order valence-corrected chi connectivity index (χ3v) is 7.92. The van der Waals surface area contributed by atoms with Gasteiger partial charge in [-0.05, 0) is 68.6 Å². The van der Waals surface area contributed by atoms with E-state index in [4.69, 9.17) is 23.1 Å². The van der Waals surface area contributed by atoms with E-state index in [9.17, 15) is 9.59 Å². The maximum absolute atomic E-state index is 11.1. The van der Waals surface area contributed by atoms with Crippen molar-refractivity contribution in [2.24, 2.45) is 11.5 Å². The highest BCUT2D eigenvalue weighted by Crippen LogP contribution is 2.49. The second-order valence-corrected chi connectivity index (χ2v) is 11.0. The number of hydrogen-bond acceptors (Lipinski definition) is 4. The van der Waals surface area contributed by atoms with E-state index in [0.717, 1.165) is 0 Å². The van der Waals surface area contributed by atoms with Crippen LogP contribution in [0, 0.1) is 0 Å². The molecule has 4 N–H and O–H groups in total. The van der Waals surface area contributed by atoms with Crippen LogP contribution in [-0.4, -0.2) is 36.3 Å². The van der Waals surface area contributed by atoms with Crippen LogP contribution in [0.1, 0.15) is 89.8 Å². The normalized spacial score (nSPS) is 18.9. The van der Waals surface area contributed by atoms with Crippen LogP contribution in [0.3, 0.4) is 0 Å². The number of thiophene rings is 1. The molecule has 2 amide bonds. The molecule has 2 aliphatic carbocycles.